The van der Waals surface area contributed by atoms with Crippen LogP contribution in [-0.2, 0) is 10.7 Å². The summed E-state index contributed by atoms with van der Waals surface area (Å²) in [5, 5.41) is 6.63. The van der Waals surface area contributed by atoms with E-state index in [0.717, 1.165) is 31.4 Å². The van der Waals surface area contributed by atoms with Gasteiger partial charge in [-0.15, -0.1) is 0 Å². The minimum absolute atomic E-state index is 0.0319. The largest absolute Gasteiger partial charge is 0.496 e. The molecule has 3 amide bonds. The van der Waals surface area contributed by atoms with Gasteiger partial charge in [0.15, 0.2) is 0 Å². The highest BCUT2D eigenvalue weighted by atomic mass is 19.3. The molecule has 0 bridgehead atoms. The normalized spacial score (nSPS) is 10.8. The Hall–Kier alpha value is -3.56. The summed E-state index contributed by atoms with van der Waals surface area (Å²) in [6.07, 6.45) is 0. The van der Waals surface area contributed by atoms with Crippen molar-refractivity contribution in [2.24, 2.45) is 0 Å². The lowest BCUT2D eigenvalue weighted by Gasteiger charge is -2.19. The van der Waals surface area contributed by atoms with E-state index >= 15 is 0 Å². The van der Waals surface area contributed by atoms with Crippen molar-refractivity contribution in [2.45, 2.75) is 5.92 Å². The van der Waals surface area contributed by atoms with Gasteiger partial charge in [-0.3, -0.25) is 14.4 Å². The van der Waals surface area contributed by atoms with Crippen LogP contribution in [0.1, 0.15) is 26.3 Å². The summed E-state index contributed by atoms with van der Waals surface area (Å²) in [4.78, 5) is 36.1. The monoisotopic (exact) mass is 409 g/mol. The van der Waals surface area contributed by atoms with E-state index in [2.05, 4.69) is 10.6 Å². The van der Waals surface area contributed by atoms with Gasteiger partial charge in [-0.25, -0.2) is 4.39 Å². The molecule has 0 aliphatic heterocycles. The van der Waals surface area contributed by atoms with Gasteiger partial charge < -0.3 is 20.7 Å². The summed E-state index contributed by atoms with van der Waals surface area (Å²) in [6, 6.07) is 5.88. The van der Waals surface area contributed by atoms with Gasteiger partial charge in [-0.2, -0.15) is 8.78 Å². The number of halogens is 3. The lowest BCUT2D eigenvalue weighted by molar-refractivity contribution is -0.141. The number of methoxy groups -OCH3 is 1. The average Bonchev–Trinajstić information content (AvgIpc) is 2.72. The Balaban J connectivity index is 2.44. The zero-order chi connectivity index (χ0) is 21.8. The quantitative estimate of drug-likeness (QED) is 0.682. The van der Waals surface area contributed by atoms with Crippen LogP contribution in [0.15, 0.2) is 36.4 Å². The Kier molecular flexibility index (Phi) is 6.47. The van der Waals surface area contributed by atoms with E-state index in [4.69, 9.17) is 4.74 Å². The number of carbonyl (C=O) groups excluding carboxylic acids is 3. The van der Waals surface area contributed by atoms with Crippen LogP contribution in [-0.4, -0.2) is 38.9 Å². The molecule has 0 unspecified atom stereocenters. The Bertz CT molecular complexity index is 929. The third kappa shape index (κ3) is 4.65. The zero-order valence-electron chi connectivity index (χ0n) is 15.7. The fourth-order valence-electron chi connectivity index (χ4n) is 2.51. The number of nitrogens with one attached hydrogen (secondary N) is 3. The van der Waals surface area contributed by atoms with Crippen LogP contribution < -0.4 is 20.7 Å². The smallest absolute Gasteiger partial charge is 0.353 e. The number of carbonyl (C=O) groups is 3. The minimum atomic E-state index is -4.16. The van der Waals surface area contributed by atoms with E-state index in [1.807, 2.05) is 5.32 Å². The van der Waals surface area contributed by atoms with Gasteiger partial charge in [0.05, 0.1) is 12.7 Å². The van der Waals surface area contributed by atoms with Gasteiger partial charge in [-0.05, 0) is 36.4 Å². The second-order valence-corrected chi connectivity index (χ2v) is 5.83. The second kappa shape index (κ2) is 8.63. The number of ether oxygens (including phenoxy) is 1. The molecule has 29 heavy (non-hydrogen) atoms. The molecule has 0 heterocycles. The highest BCUT2D eigenvalue weighted by Gasteiger charge is 2.44. The van der Waals surface area contributed by atoms with E-state index < -0.39 is 35.0 Å². The molecule has 7 nitrogen and oxygen atoms in total. The van der Waals surface area contributed by atoms with Crippen molar-refractivity contribution in [1.82, 2.24) is 10.6 Å². The Labute approximate surface area is 164 Å². The zero-order valence-corrected chi connectivity index (χ0v) is 15.7. The number of benzene rings is 2. The predicted octanol–water partition coefficient (Wildman–Crippen LogP) is 2.28. The first-order valence-electron chi connectivity index (χ1n) is 8.26. The molecule has 0 spiro atoms. The number of hydrogen-bond acceptors (Lipinski definition) is 4. The SMILES string of the molecule is CNC(=O)c1cc(NC(=O)C(F)(F)c2cc(F)ccc2OC)cc(C(=O)NC)c1. The lowest BCUT2D eigenvalue weighted by Crippen LogP contribution is -2.33. The fraction of sp³-hybridized carbons (Fsp3) is 0.211. The molecule has 0 fully saturated rings. The highest BCUT2D eigenvalue weighted by Crippen LogP contribution is 2.36. The molecule has 2 aromatic carbocycles. The molecule has 0 saturated carbocycles. The first-order valence-corrected chi connectivity index (χ1v) is 8.26. The lowest BCUT2D eigenvalue weighted by atomic mass is 10.0. The molecule has 0 aliphatic rings. The van der Waals surface area contributed by atoms with E-state index in [0.29, 0.717) is 6.07 Å². The summed E-state index contributed by atoms with van der Waals surface area (Å²) in [6.45, 7) is 0. The summed E-state index contributed by atoms with van der Waals surface area (Å²) in [7, 11) is 3.79. The Morgan fingerprint density at radius 2 is 1.48 bits per heavy atom. The number of amides is 3. The highest BCUT2D eigenvalue weighted by molar-refractivity contribution is 6.03. The van der Waals surface area contributed by atoms with Gasteiger partial charge in [0.2, 0.25) is 0 Å². The summed E-state index contributed by atoms with van der Waals surface area (Å²) in [5.74, 6) is -8.50. The van der Waals surface area contributed by atoms with Crippen molar-refractivity contribution in [3.63, 3.8) is 0 Å². The molecule has 0 radical (unpaired) electrons. The maximum atomic E-state index is 14.7. The maximum Gasteiger partial charge on any atom is 0.353 e. The topological polar surface area (TPSA) is 96.5 Å². The van der Waals surface area contributed by atoms with Crippen LogP contribution in [0.25, 0.3) is 0 Å². The van der Waals surface area contributed by atoms with E-state index in [1.54, 1.807) is 0 Å². The molecule has 0 atom stereocenters. The molecule has 3 N–H and O–H groups in total. The summed E-state index contributed by atoms with van der Waals surface area (Å²) < 4.78 is 47.6. The van der Waals surface area contributed by atoms with E-state index in [1.165, 1.54) is 20.2 Å². The van der Waals surface area contributed by atoms with Crippen molar-refractivity contribution >= 4 is 23.4 Å². The van der Waals surface area contributed by atoms with Crippen molar-refractivity contribution in [3.05, 3.63) is 58.9 Å². The fourth-order valence-corrected chi connectivity index (χ4v) is 2.51. The summed E-state index contributed by atoms with van der Waals surface area (Å²) >= 11 is 0. The molecular formula is C19H18F3N3O4. The van der Waals surface area contributed by atoms with Gasteiger partial charge in [-0.1, -0.05) is 0 Å². The van der Waals surface area contributed by atoms with Crippen molar-refractivity contribution < 1.29 is 32.3 Å². The average molecular weight is 409 g/mol. The molecule has 2 aromatic rings. The van der Waals surface area contributed by atoms with Gasteiger partial charge in [0.1, 0.15) is 11.6 Å². The Morgan fingerprint density at radius 3 is 1.97 bits per heavy atom. The van der Waals surface area contributed by atoms with E-state index in [-0.39, 0.29) is 22.6 Å². The third-order valence-electron chi connectivity index (χ3n) is 3.95. The van der Waals surface area contributed by atoms with Gasteiger partial charge >= 0.3 is 5.92 Å². The van der Waals surface area contributed by atoms with Crippen LogP contribution >= 0.6 is 0 Å². The minimum Gasteiger partial charge on any atom is -0.496 e. The summed E-state index contributed by atoms with van der Waals surface area (Å²) in [5.41, 5.74) is -1.25. The molecular weight excluding hydrogens is 391 g/mol. The van der Waals surface area contributed by atoms with Gasteiger partial charge in [0, 0.05) is 30.9 Å². The van der Waals surface area contributed by atoms with Crippen molar-refractivity contribution in [2.75, 3.05) is 26.5 Å². The van der Waals surface area contributed by atoms with Crippen molar-refractivity contribution in [1.29, 1.82) is 0 Å². The number of alkyl halides is 2. The van der Waals surface area contributed by atoms with Crippen LogP contribution in [0.2, 0.25) is 0 Å². The molecule has 10 heteroatoms. The van der Waals surface area contributed by atoms with E-state index in [9.17, 15) is 27.6 Å². The second-order valence-electron chi connectivity index (χ2n) is 5.83. The maximum absolute atomic E-state index is 14.7. The molecule has 2 rings (SSSR count). The molecule has 154 valence electrons. The third-order valence-corrected chi connectivity index (χ3v) is 3.95. The van der Waals surface area contributed by atoms with Crippen LogP contribution in [0.5, 0.6) is 5.75 Å². The standard InChI is InChI=1S/C19H18F3N3O4/c1-23-16(26)10-6-11(17(27)24-2)8-13(7-10)25-18(28)19(21,22)14-9-12(20)4-5-15(14)29-3/h4-9H,1-3H3,(H,23,26)(H,24,27)(H,25,28). The van der Waals surface area contributed by atoms with Crippen LogP contribution in [0.3, 0.4) is 0 Å². The predicted molar refractivity (Wildman–Crippen MR) is 98.7 cm³/mol. The first kappa shape index (κ1) is 21.7. The molecule has 0 saturated heterocycles. The van der Waals surface area contributed by atoms with Crippen LogP contribution in [0, 0.1) is 5.82 Å². The van der Waals surface area contributed by atoms with Crippen molar-refractivity contribution in [3.8, 4) is 5.75 Å². The number of hydrogen-bond donors (Lipinski definition) is 3. The van der Waals surface area contributed by atoms with Crippen LogP contribution in [0.4, 0.5) is 18.9 Å². The Morgan fingerprint density at radius 1 is 0.931 bits per heavy atom. The molecule has 0 aliphatic carbocycles. The number of anilines is 1. The molecule has 0 aromatic heterocycles. The number of rotatable bonds is 6. The van der Waals surface area contributed by atoms with Gasteiger partial charge in [0.25, 0.3) is 17.7 Å². The first-order chi connectivity index (χ1) is 13.6.